The average molecular weight is 297 g/mol. The second-order valence-corrected chi connectivity index (χ2v) is 7.30. The lowest BCUT2D eigenvalue weighted by Crippen LogP contribution is -2.33. The Bertz CT molecular complexity index is 423. The van der Waals surface area contributed by atoms with Crippen LogP contribution in [0, 0.1) is 0 Å². The highest BCUT2D eigenvalue weighted by Crippen LogP contribution is 2.26. The van der Waals surface area contributed by atoms with Gasteiger partial charge in [0.1, 0.15) is 0 Å². The van der Waals surface area contributed by atoms with E-state index in [2.05, 4.69) is 43.3 Å². The van der Waals surface area contributed by atoms with E-state index in [1.807, 2.05) is 13.1 Å². The van der Waals surface area contributed by atoms with E-state index in [9.17, 15) is 4.79 Å². The van der Waals surface area contributed by atoms with Crippen LogP contribution < -0.4 is 10.6 Å². The Morgan fingerprint density at radius 1 is 1.45 bits per heavy atom. The first-order valence-electron chi connectivity index (χ1n) is 7.28. The Kier molecular flexibility index (Phi) is 6.62. The minimum atomic E-state index is 0.110. The molecule has 0 saturated heterocycles. The van der Waals surface area contributed by atoms with E-state index < -0.39 is 0 Å². The van der Waals surface area contributed by atoms with Crippen molar-refractivity contribution in [2.75, 3.05) is 6.54 Å². The molecule has 1 amide bonds. The van der Waals surface area contributed by atoms with Crippen molar-refractivity contribution in [3.05, 3.63) is 16.1 Å². The SMILES string of the molecule is CCC(C)NC(=O)CCNCc1cnc(C(C)(C)C)s1. The molecule has 1 aromatic rings. The van der Waals surface area contributed by atoms with Crippen molar-refractivity contribution < 1.29 is 4.79 Å². The smallest absolute Gasteiger partial charge is 0.221 e. The van der Waals surface area contributed by atoms with E-state index in [4.69, 9.17) is 0 Å². The maximum Gasteiger partial charge on any atom is 0.221 e. The van der Waals surface area contributed by atoms with Crippen molar-refractivity contribution in [1.82, 2.24) is 15.6 Å². The maximum atomic E-state index is 11.6. The Labute approximate surface area is 126 Å². The molecule has 2 N–H and O–H groups in total. The van der Waals surface area contributed by atoms with Gasteiger partial charge in [-0.25, -0.2) is 4.98 Å². The molecule has 4 nitrogen and oxygen atoms in total. The summed E-state index contributed by atoms with van der Waals surface area (Å²) in [6, 6.07) is 0.262. The second kappa shape index (κ2) is 7.74. The van der Waals surface area contributed by atoms with Crippen LogP contribution in [0.3, 0.4) is 0 Å². The Balaban J connectivity index is 2.25. The van der Waals surface area contributed by atoms with Gasteiger partial charge >= 0.3 is 0 Å². The molecule has 1 atom stereocenters. The van der Waals surface area contributed by atoms with Crippen LogP contribution >= 0.6 is 11.3 Å². The standard InChI is InChI=1S/C15H27N3OS/c1-6-11(2)18-13(19)7-8-16-9-12-10-17-14(20-12)15(3,4)5/h10-11,16H,6-9H2,1-5H3,(H,18,19). The molecule has 0 aliphatic rings. The molecule has 114 valence electrons. The maximum absolute atomic E-state index is 11.6. The molecular formula is C15H27N3OS. The highest BCUT2D eigenvalue weighted by Gasteiger charge is 2.17. The molecule has 1 heterocycles. The molecule has 1 unspecified atom stereocenters. The third kappa shape index (κ3) is 6.01. The molecule has 0 fully saturated rings. The van der Waals surface area contributed by atoms with Gasteiger partial charge in [-0.3, -0.25) is 4.79 Å². The first-order valence-corrected chi connectivity index (χ1v) is 8.09. The summed E-state index contributed by atoms with van der Waals surface area (Å²) in [5.41, 5.74) is 0.110. The number of nitrogens with zero attached hydrogens (tertiary/aromatic N) is 1. The van der Waals surface area contributed by atoms with Gasteiger partial charge in [-0.15, -0.1) is 11.3 Å². The number of rotatable bonds is 7. The van der Waals surface area contributed by atoms with Gasteiger partial charge in [0.15, 0.2) is 0 Å². The first-order chi connectivity index (χ1) is 9.32. The Morgan fingerprint density at radius 3 is 2.70 bits per heavy atom. The second-order valence-electron chi connectivity index (χ2n) is 6.19. The predicted octanol–water partition coefficient (Wildman–Crippen LogP) is 2.84. The van der Waals surface area contributed by atoms with Crippen LogP contribution in [0.5, 0.6) is 0 Å². The Hall–Kier alpha value is -0.940. The van der Waals surface area contributed by atoms with E-state index in [0.717, 1.165) is 18.0 Å². The lowest BCUT2D eigenvalue weighted by Gasteiger charge is -2.13. The molecule has 1 rings (SSSR count). The van der Waals surface area contributed by atoms with Crippen molar-refractivity contribution in [3.63, 3.8) is 0 Å². The molecule has 20 heavy (non-hydrogen) atoms. The number of thiazole rings is 1. The monoisotopic (exact) mass is 297 g/mol. The van der Waals surface area contributed by atoms with E-state index in [0.29, 0.717) is 13.0 Å². The fourth-order valence-electron chi connectivity index (χ4n) is 1.60. The largest absolute Gasteiger partial charge is 0.354 e. The van der Waals surface area contributed by atoms with Crippen LogP contribution in [0.15, 0.2) is 6.20 Å². The summed E-state index contributed by atoms with van der Waals surface area (Å²) in [4.78, 5) is 17.3. The molecule has 0 saturated carbocycles. The lowest BCUT2D eigenvalue weighted by molar-refractivity contribution is -0.121. The van der Waals surface area contributed by atoms with E-state index in [-0.39, 0.29) is 17.4 Å². The molecule has 0 aliphatic heterocycles. The van der Waals surface area contributed by atoms with Crippen molar-refractivity contribution in [2.45, 2.75) is 65.5 Å². The predicted molar refractivity (Wildman–Crippen MR) is 85.0 cm³/mol. The number of carbonyl (C=O) groups is 1. The number of amides is 1. The highest BCUT2D eigenvalue weighted by molar-refractivity contribution is 7.11. The zero-order chi connectivity index (χ0) is 15.2. The van der Waals surface area contributed by atoms with Crippen molar-refractivity contribution in [2.24, 2.45) is 0 Å². The summed E-state index contributed by atoms with van der Waals surface area (Å²) in [5, 5.41) is 7.42. The van der Waals surface area contributed by atoms with Gasteiger partial charge in [-0.1, -0.05) is 27.7 Å². The summed E-state index contributed by atoms with van der Waals surface area (Å²) in [6.07, 6.45) is 3.42. The van der Waals surface area contributed by atoms with Gasteiger partial charge in [0, 0.05) is 42.0 Å². The molecular weight excluding hydrogens is 270 g/mol. The molecule has 0 aromatic carbocycles. The van der Waals surface area contributed by atoms with Crippen LogP contribution in [0.2, 0.25) is 0 Å². The summed E-state index contributed by atoms with van der Waals surface area (Å²) < 4.78 is 0. The van der Waals surface area contributed by atoms with Crippen LogP contribution in [0.4, 0.5) is 0 Å². The van der Waals surface area contributed by atoms with Crippen molar-refractivity contribution >= 4 is 17.2 Å². The minimum Gasteiger partial charge on any atom is -0.354 e. The van der Waals surface area contributed by atoms with E-state index in [1.165, 1.54) is 4.88 Å². The minimum absolute atomic E-state index is 0.110. The molecule has 0 aliphatic carbocycles. The first kappa shape index (κ1) is 17.1. The third-order valence-corrected chi connectivity index (χ3v) is 4.47. The molecule has 5 heteroatoms. The normalized spacial score (nSPS) is 13.2. The van der Waals surface area contributed by atoms with Crippen LogP contribution in [-0.4, -0.2) is 23.5 Å². The van der Waals surface area contributed by atoms with Crippen molar-refractivity contribution in [1.29, 1.82) is 0 Å². The molecule has 0 spiro atoms. The van der Waals surface area contributed by atoms with Crippen LogP contribution in [-0.2, 0) is 16.8 Å². The third-order valence-electron chi connectivity index (χ3n) is 3.04. The van der Waals surface area contributed by atoms with E-state index in [1.54, 1.807) is 11.3 Å². The molecule has 0 radical (unpaired) electrons. The quantitative estimate of drug-likeness (QED) is 0.761. The van der Waals surface area contributed by atoms with Crippen molar-refractivity contribution in [3.8, 4) is 0 Å². The molecule has 1 aromatic heterocycles. The average Bonchev–Trinajstić information content (AvgIpc) is 2.83. The highest BCUT2D eigenvalue weighted by atomic mass is 32.1. The van der Waals surface area contributed by atoms with Crippen LogP contribution in [0.25, 0.3) is 0 Å². The lowest BCUT2D eigenvalue weighted by atomic mass is 9.98. The Morgan fingerprint density at radius 2 is 2.15 bits per heavy atom. The summed E-state index contributed by atoms with van der Waals surface area (Å²) >= 11 is 1.74. The zero-order valence-corrected chi connectivity index (χ0v) is 14.1. The summed E-state index contributed by atoms with van der Waals surface area (Å²) in [6.45, 7) is 12.1. The van der Waals surface area contributed by atoms with Crippen LogP contribution in [0.1, 0.15) is 57.3 Å². The van der Waals surface area contributed by atoms with Gasteiger partial charge in [0.2, 0.25) is 5.91 Å². The number of hydrogen-bond donors (Lipinski definition) is 2. The number of carbonyl (C=O) groups excluding carboxylic acids is 1. The summed E-state index contributed by atoms with van der Waals surface area (Å²) in [7, 11) is 0. The van der Waals surface area contributed by atoms with Gasteiger partial charge in [-0.05, 0) is 13.3 Å². The number of hydrogen-bond acceptors (Lipinski definition) is 4. The number of nitrogens with one attached hydrogen (secondary N) is 2. The topological polar surface area (TPSA) is 54.0 Å². The summed E-state index contributed by atoms with van der Waals surface area (Å²) in [5.74, 6) is 0.117. The number of aromatic nitrogens is 1. The van der Waals surface area contributed by atoms with Gasteiger partial charge in [-0.2, -0.15) is 0 Å². The van der Waals surface area contributed by atoms with Gasteiger partial charge in [0.05, 0.1) is 5.01 Å². The zero-order valence-electron chi connectivity index (χ0n) is 13.2. The fraction of sp³-hybridized carbons (Fsp3) is 0.733. The molecule has 0 bridgehead atoms. The van der Waals surface area contributed by atoms with Gasteiger partial charge in [0.25, 0.3) is 0 Å². The fourth-order valence-corrected chi connectivity index (χ4v) is 2.54. The van der Waals surface area contributed by atoms with Gasteiger partial charge < -0.3 is 10.6 Å². The van der Waals surface area contributed by atoms with E-state index >= 15 is 0 Å².